The summed E-state index contributed by atoms with van der Waals surface area (Å²) in [5.41, 5.74) is 4.54. The summed E-state index contributed by atoms with van der Waals surface area (Å²) < 4.78 is 1.58. The third-order valence-corrected chi connectivity index (χ3v) is 2.06. The summed E-state index contributed by atoms with van der Waals surface area (Å²) in [5, 5.41) is 6.96. The Bertz CT molecular complexity index is 297. The number of carbonyl (C=O) groups is 1. The minimum Gasteiger partial charge on any atom is -0.368 e. The number of nitrogens with zero attached hydrogens (tertiary/aromatic N) is 3. The van der Waals surface area contributed by atoms with Crippen molar-refractivity contribution in [1.29, 1.82) is 0 Å². The van der Waals surface area contributed by atoms with Crippen LogP contribution in [0.2, 0.25) is 0 Å². The molecule has 0 aliphatic heterocycles. The van der Waals surface area contributed by atoms with Gasteiger partial charge in [-0.05, 0) is 13.5 Å². The van der Waals surface area contributed by atoms with E-state index in [0.29, 0.717) is 13.1 Å². The fourth-order valence-electron chi connectivity index (χ4n) is 1.25. The number of rotatable bonds is 5. The predicted octanol–water partition coefficient (Wildman–Crippen LogP) is -0.868. The highest BCUT2D eigenvalue weighted by Gasteiger charge is 2.30. The van der Waals surface area contributed by atoms with Crippen LogP contribution in [0, 0.1) is 0 Å². The lowest BCUT2D eigenvalue weighted by molar-refractivity contribution is -0.124. The van der Waals surface area contributed by atoms with Crippen LogP contribution in [0.15, 0.2) is 12.7 Å². The normalized spacial score (nSPS) is 15.0. The number of primary amides is 1. The van der Waals surface area contributed by atoms with Gasteiger partial charge in [0.2, 0.25) is 5.91 Å². The van der Waals surface area contributed by atoms with Gasteiger partial charge in [-0.3, -0.25) is 9.48 Å². The molecule has 78 valence electrons. The summed E-state index contributed by atoms with van der Waals surface area (Å²) in [7, 11) is 0. The first-order valence-corrected chi connectivity index (χ1v) is 4.46. The van der Waals surface area contributed by atoms with Gasteiger partial charge >= 0.3 is 0 Å². The maximum absolute atomic E-state index is 11.2. The number of hydrogen-bond donors (Lipinski definition) is 2. The molecule has 3 N–H and O–H groups in total. The molecule has 0 aromatic carbocycles. The first kappa shape index (κ1) is 10.6. The van der Waals surface area contributed by atoms with Gasteiger partial charge in [0.15, 0.2) is 0 Å². The monoisotopic (exact) mass is 197 g/mol. The Kier molecular flexibility index (Phi) is 3.19. The molecule has 6 heteroatoms. The Hall–Kier alpha value is -1.43. The summed E-state index contributed by atoms with van der Waals surface area (Å²) in [6, 6.07) is 0. The van der Waals surface area contributed by atoms with Crippen LogP contribution >= 0.6 is 0 Å². The molecule has 0 saturated heterocycles. The van der Waals surface area contributed by atoms with E-state index in [2.05, 4.69) is 15.4 Å². The molecule has 0 radical (unpaired) electrons. The standard InChI is InChI=1S/C8H15N5O/c1-3-11-8(2,7(9)14)4-13-6-10-5-12-13/h5-6,11H,3-4H2,1-2H3,(H2,9,14). The first-order valence-electron chi connectivity index (χ1n) is 4.46. The van der Waals surface area contributed by atoms with Crippen molar-refractivity contribution in [1.82, 2.24) is 20.1 Å². The van der Waals surface area contributed by atoms with Gasteiger partial charge in [0.05, 0.1) is 6.54 Å². The van der Waals surface area contributed by atoms with Gasteiger partial charge in [-0.25, -0.2) is 4.98 Å². The molecule has 0 saturated carbocycles. The second kappa shape index (κ2) is 4.19. The minimum absolute atomic E-state index is 0.385. The SMILES string of the molecule is CCNC(C)(Cn1cncn1)C(N)=O. The van der Waals surface area contributed by atoms with E-state index in [9.17, 15) is 4.79 Å². The van der Waals surface area contributed by atoms with Crippen LogP contribution in [0.3, 0.4) is 0 Å². The summed E-state index contributed by atoms with van der Waals surface area (Å²) in [6.07, 6.45) is 2.98. The van der Waals surface area contributed by atoms with Crippen LogP contribution in [0.25, 0.3) is 0 Å². The van der Waals surface area contributed by atoms with E-state index in [1.807, 2.05) is 6.92 Å². The van der Waals surface area contributed by atoms with Crippen LogP contribution in [0.4, 0.5) is 0 Å². The molecule has 1 unspecified atom stereocenters. The number of likely N-dealkylation sites (N-methyl/N-ethyl adjacent to an activating group) is 1. The van der Waals surface area contributed by atoms with Crippen molar-refractivity contribution in [2.75, 3.05) is 6.54 Å². The van der Waals surface area contributed by atoms with Gasteiger partial charge in [0.1, 0.15) is 18.2 Å². The molecule has 0 aliphatic carbocycles. The highest BCUT2D eigenvalue weighted by atomic mass is 16.1. The Morgan fingerprint density at radius 1 is 1.71 bits per heavy atom. The third kappa shape index (κ3) is 2.29. The first-order chi connectivity index (χ1) is 6.58. The van der Waals surface area contributed by atoms with Crippen LogP contribution in [0.5, 0.6) is 0 Å². The molecule has 1 atom stereocenters. The van der Waals surface area contributed by atoms with Gasteiger partial charge in [-0.15, -0.1) is 0 Å². The average molecular weight is 197 g/mol. The Balaban J connectivity index is 2.74. The zero-order valence-corrected chi connectivity index (χ0v) is 8.40. The number of nitrogens with one attached hydrogen (secondary N) is 1. The lowest BCUT2D eigenvalue weighted by Crippen LogP contribution is -2.55. The quantitative estimate of drug-likeness (QED) is 0.642. The van der Waals surface area contributed by atoms with Gasteiger partial charge < -0.3 is 11.1 Å². The Morgan fingerprint density at radius 2 is 2.43 bits per heavy atom. The van der Waals surface area contributed by atoms with Gasteiger partial charge in [0.25, 0.3) is 0 Å². The van der Waals surface area contributed by atoms with Crippen molar-refractivity contribution in [3.8, 4) is 0 Å². The molecule has 14 heavy (non-hydrogen) atoms. The third-order valence-electron chi connectivity index (χ3n) is 2.06. The smallest absolute Gasteiger partial charge is 0.239 e. The predicted molar refractivity (Wildman–Crippen MR) is 51.3 cm³/mol. The molecular weight excluding hydrogens is 182 g/mol. The highest BCUT2D eigenvalue weighted by molar-refractivity contribution is 5.84. The van der Waals surface area contributed by atoms with E-state index in [4.69, 9.17) is 5.73 Å². The fraction of sp³-hybridized carbons (Fsp3) is 0.625. The fourth-order valence-corrected chi connectivity index (χ4v) is 1.25. The van der Waals surface area contributed by atoms with E-state index in [-0.39, 0.29) is 0 Å². The minimum atomic E-state index is -0.775. The van der Waals surface area contributed by atoms with E-state index in [1.54, 1.807) is 17.9 Å². The number of amides is 1. The number of aromatic nitrogens is 3. The number of carbonyl (C=O) groups excluding carboxylic acids is 1. The van der Waals surface area contributed by atoms with E-state index < -0.39 is 11.4 Å². The molecule has 0 bridgehead atoms. The molecule has 1 rings (SSSR count). The molecule has 0 fully saturated rings. The van der Waals surface area contributed by atoms with Crippen molar-refractivity contribution in [2.24, 2.45) is 5.73 Å². The molecule has 1 amide bonds. The summed E-state index contributed by atoms with van der Waals surface area (Å²) >= 11 is 0. The van der Waals surface area contributed by atoms with E-state index >= 15 is 0 Å². The average Bonchev–Trinajstić information content (AvgIpc) is 2.56. The van der Waals surface area contributed by atoms with Crippen molar-refractivity contribution < 1.29 is 4.79 Å². The van der Waals surface area contributed by atoms with Gasteiger partial charge in [-0.2, -0.15) is 5.10 Å². The van der Waals surface area contributed by atoms with Crippen LogP contribution in [-0.4, -0.2) is 32.8 Å². The van der Waals surface area contributed by atoms with Crippen molar-refractivity contribution in [3.63, 3.8) is 0 Å². The molecule has 1 aromatic heterocycles. The molecule has 6 nitrogen and oxygen atoms in total. The van der Waals surface area contributed by atoms with Crippen molar-refractivity contribution >= 4 is 5.91 Å². The molecule has 1 aromatic rings. The molecule has 0 aliphatic rings. The van der Waals surface area contributed by atoms with Crippen LogP contribution in [-0.2, 0) is 11.3 Å². The van der Waals surface area contributed by atoms with Crippen LogP contribution in [0.1, 0.15) is 13.8 Å². The second-order valence-corrected chi connectivity index (χ2v) is 3.32. The number of hydrogen-bond acceptors (Lipinski definition) is 4. The Labute approximate surface area is 82.5 Å². The largest absolute Gasteiger partial charge is 0.368 e. The summed E-state index contributed by atoms with van der Waals surface area (Å²) in [4.78, 5) is 15.0. The zero-order valence-electron chi connectivity index (χ0n) is 8.40. The topological polar surface area (TPSA) is 85.8 Å². The van der Waals surface area contributed by atoms with Gasteiger partial charge in [0, 0.05) is 0 Å². The van der Waals surface area contributed by atoms with E-state index in [1.165, 1.54) is 6.33 Å². The highest BCUT2D eigenvalue weighted by Crippen LogP contribution is 2.05. The number of nitrogens with two attached hydrogens (primary N) is 1. The van der Waals surface area contributed by atoms with Crippen molar-refractivity contribution in [3.05, 3.63) is 12.7 Å². The zero-order chi connectivity index (χ0) is 10.6. The van der Waals surface area contributed by atoms with E-state index in [0.717, 1.165) is 0 Å². The maximum atomic E-state index is 11.2. The van der Waals surface area contributed by atoms with Crippen molar-refractivity contribution in [2.45, 2.75) is 25.9 Å². The maximum Gasteiger partial charge on any atom is 0.239 e. The second-order valence-electron chi connectivity index (χ2n) is 3.32. The lowest BCUT2D eigenvalue weighted by atomic mass is 10.0. The summed E-state index contributed by atoms with van der Waals surface area (Å²) in [5.74, 6) is -0.394. The summed E-state index contributed by atoms with van der Waals surface area (Å²) in [6.45, 7) is 4.73. The van der Waals surface area contributed by atoms with Gasteiger partial charge in [-0.1, -0.05) is 6.92 Å². The lowest BCUT2D eigenvalue weighted by Gasteiger charge is -2.26. The Morgan fingerprint density at radius 3 is 2.86 bits per heavy atom. The van der Waals surface area contributed by atoms with Crippen LogP contribution < -0.4 is 11.1 Å². The molecule has 1 heterocycles. The molecule has 0 spiro atoms. The molecular formula is C8H15N5O.